The fourth-order valence-electron chi connectivity index (χ4n) is 2.98. The highest BCUT2D eigenvalue weighted by Gasteiger charge is 2.32. The Hall–Kier alpha value is -2.46. The van der Waals surface area contributed by atoms with Crippen molar-refractivity contribution in [3.63, 3.8) is 0 Å². The molecular formula is C20H25F3N4O2Si. The molecule has 0 unspecified atom stereocenters. The van der Waals surface area contributed by atoms with Crippen LogP contribution in [0.2, 0.25) is 25.7 Å². The van der Waals surface area contributed by atoms with E-state index in [2.05, 4.69) is 34.7 Å². The van der Waals surface area contributed by atoms with Gasteiger partial charge in [0, 0.05) is 20.2 Å². The van der Waals surface area contributed by atoms with Crippen LogP contribution in [0.3, 0.4) is 0 Å². The third-order valence-electron chi connectivity index (χ3n) is 4.60. The van der Waals surface area contributed by atoms with Gasteiger partial charge in [0.2, 0.25) is 5.65 Å². The molecule has 30 heavy (non-hydrogen) atoms. The Kier molecular flexibility index (Phi) is 6.18. The first-order valence-electron chi connectivity index (χ1n) is 9.52. The smallest absolute Gasteiger partial charge is 0.416 e. The van der Waals surface area contributed by atoms with Gasteiger partial charge in [0.1, 0.15) is 18.0 Å². The SMILES string of the molecule is COc1cc(C(F)(F)F)cc(C)c1-c1cnc2cn(COCC[Si](C)(C)C)nc2n1. The van der Waals surface area contributed by atoms with E-state index in [9.17, 15) is 13.2 Å². The standard InChI is InChI=1S/C20H25F3N4O2Si/c1-13-8-14(20(21,22)23)9-17(28-2)18(13)15-10-24-16-11-27(26-19(16)25-15)12-29-6-7-30(3,4)5/h8-11H,6-7,12H2,1-5H3. The molecule has 3 rings (SSSR count). The van der Waals surface area contributed by atoms with Crippen LogP contribution < -0.4 is 4.74 Å². The van der Waals surface area contributed by atoms with Crippen molar-refractivity contribution in [3.8, 4) is 17.0 Å². The molecule has 0 spiro atoms. The number of hydrogen-bond donors (Lipinski definition) is 0. The molecule has 0 N–H and O–H groups in total. The van der Waals surface area contributed by atoms with Gasteiger partial charge in [-0.3, -0.25) is 0 Å². The van der Waals surface area contributed by atoms with E-state index in [4.69, 9.17) is 9.47 Å². The second-order valence-electron chi connectivity index (χ2n) is 8.35. The Bertz CT molecular complexity index is 1040. The Morgan fingerprint density at radius 1 is 1.17 bits per heavy atom. The molecule has 0 atom stereocenters. The minimum Gasteiger partial charge on any atom is -0.496 e. The minimum absolute atomic E-state index is 0.0880. The molecule has 0 saturated heterocycles. The van der Waals surface area contributed by atoms with Gasteiger partial charge in [0.05, 0.1) is 30.8 Å². The zero-order valence-electron chi connectivity index (χ0n) is 17.7. The molecule has 162 valence electrons. The molecule has 0 bridgehead atoms. The van der Waals surface area contributed by atoms with E-state index in [1.807, 2.05) is 0 Å². The first kappa shape index (κ1) is 22.2. The Morgan fingerprint density at radius 3 is 2.53 bits per heavy atom. The highest BCUT2D eigenvalue weighted by molar-refractivity contribution is 6.76. The topological polar surface area (TPSA) is 62.1 Å². The summed E-state index contributed by atoms with van der Waals surface area (Å²) in [5, 5.41) is 4.38. The lowest BCUT2D eigenvalue weighted by Crippen LogP contribution is -2.22. The largest absolute Gasteiger partial charge is 0.496 e. The van der Waals surface area contributed by atoms with Crippen molar-refractivity contribution in [1.29, 1.82) is 0 Å². The van der Waals surface area contributed by atoms with Gasteiger partial charge in [0.25, 0.3) is 0 Å². The molecule has 0 saturated carbocycles. The summed E-state index contributed by atoms with van der Waals surface area (Å²) in [6.07, 6.45) is -1.21. The van der Waals surface area contributed by atoms with Crippen molar-refractivity contribution in [1.82, 2.24) is 19.7 Å². The molecule has 2 aromatic heterocycles. The normalized spacial score (nSPS) is 12.5. The van der Waals surface area contributed by atoms with Crippen LogP contribution in [0.1, 0.15) is 11.1 Å². The molecule has 6 nitrogen and oxygen atoms in total. The highest BCUT2D eigenvalue weighted by Crippen LogP contribution is 2.39. The maximum absolute atomic E-state index is 13.1. The summed E-state index contributed by atoms with van der Waals surface area (Å²) < 4.78 is 51.9. The minimum atomic E-state index is -4.46. The van der Waals surface area contributed by atoms with Crippen LogP contribution in [0.15, 0.2) is 24.5 Å². The zero-order chi connectivity index (χ0) is 22.1. The van der Waals surface area contributed by atoms with E-state index >= 15 is 0 Å². The first-order valence-corrected chi connectivity index (χ1v) is 13.2. The van der Waals surface area contributed by atoms with Crippen molar-refractivity contribution in [3.05, 3.63) is 35.7 Å². The number of rotatable bonds is 7. The van der Waals surface area contributed by atoms with E-state index in [0.29, 0.717) is 41.3 Å². The third kappa shape index (κ3) is 5.17. The monoisotopic (exact) mass is 438 g/mol. The number of hydrogen-bond acceptors (Lipinski definition) is 5. The van der Waals surface area contributed by atoms with Gasteiger partial charge in [-0.05, 0) is 30.7 Å². The van der Waals surface area contributed by atoms with E-state index < -0.39 is 19.8 Å². The van der Waals surface area contributed by atoms with Crippen LogP contribution in [0, 0.1) is 6.92 Å². The number of alkyl halides is 3. The van der Waals surface area contributed by atoms with Gasteiger partial charge in [-0.15, -0.1) is 5.10 Å². The summed E-state index contributed by atoms with van der Waals surface area (Å²) >= 11 is 0. The molecule has 0 fully saturated rings. The maximum atomic E-state index is 13.1. The van der Waals surface area contributed by atoms with Crippen LogP contribution in [-0.2, 0) is 17.6 Å². The molecule has 0 amide bonds. The Balaban J connectivity index is 1.87. The van der Waals surface area contributed by atoms with Crippen molar-refractivity contribution >= 4 is 19.2 Å². The highest BCUT2D eigenvalue weighted by atomic mass is 28.3. The molecule has 0 aliphatic rings. The molecule has 3 aromatic rings. The van der Waals surface area contributed by atoms with E-state index in [-0.39, 0.29) is 5.75 Å². The predicted octanol–water partition coefficient (Wildman–Crippen LogP) is 5.14. The average molecular weight is 439 g/mol. The van der Waals surface area contributed by atoms with Crippen LogP contribution in [0.25, 0.3) is 22.4 Å². The van der Waals surface area contributed by atoms with Crippen LogP contribution in [-0.4, -0.2) is 41.5 Å². The number of methoxy groups -OCH3 is 1. The summed E-state index contributed by atoms with van der Waals surface area (Å²) in [6.45, 7) is 9.40. The van der Waals surface area contributed by atoms with Crippen molar-refractivity contribution in [2.24, 2.45) is 0 Å². The summed E-state index contributed by atoms with van der Waals surface area (Å²) in [5.74, 6) is 0.0880. The lowest BCUT2D eigenvalue weighted by atomic mass is 10.0. The number of fused-ring (bicyclic) bond motifs is 1. The van der Waals surface area contributed by atoms with Gasteiger partial charge >= 0.3 is 6.18 Å². The van der Waals surface area contributed by atoms with E-state index in [0.717, 1.165) is 18.2 Å². The Morgan fingerprint density at radius 2 is 1.90 bits per heavy atom. The van der Waals surface area contributed by atoms with Crippen LogP contribution >= 0.6 is 0 Å². The van der Waals surface area contributed by atoms with Crippen molar-refractivity contribution < 1.29 is 22.6 Å². The molecule has 0 aliphatic carbocycles. The molecule has 0 aliphatic heterocycles. The van der Waals surface area contributed by atoms with Crippen LogP contribution in [0.5, 0.6) is 5.75 Å². The second kappa shape index (κ2) is 8.35. The van der Waals surface area contributed by atoms with Gasteiger partial charge in [-0.1, -0.05) is 19.6 Å². The fourth-order valence-corrected chi connectivity index (χ4v) is 3.73. The first-order chi connectivity index (χ1) is 14.0. The number of aromatic nitrogens is 4. The summed E-state index contributed by atoms with van der Waals surface area (Å²) in [6, 6.07) is 3.11. The molecule has 1 aromatic carbocycles. The molecular weight excluding hydrogens is 413 g/mol. The maximum Gasteiger partial charge on any atom is 0.416 e. The van der Waals surface area contributed by atoms with Gasteiger partial charge in [0.15, 0.2) is 0 Å². The summed E-state index contributed by atoms with van der Waals surface area (Å²) in [4.78, 5) is 8.85. The zero-order valence-corrected chi connectivity index (χ0v) is 18.7. The number of halogens is 3. The summed E-state index contributed by atoms with van der Waals surface area (Å²) in [7, 11) is 0.166. The second-order valence-corrected chi connectivity index (χ2v) is 14.0. The van der Waals surface area contributed by atoms with E-state index in [1.54, 1.807) is 17.8 Å². The number of ether oxygens (including phenoxy) is 2. The van der Waals surface area contributed by atoms with Gasteiger partial charge < -0.3 is 9.47 Å². The summed E-state index contributed by atoms with van der Waals surface area (Å²) in [5.41, 5.74) is 1.45. The lowest BCUT2D eigenvalue weighted by molar-refractivity contribution is -0.137. The van der Waals surface area contributed by atoms with Crippen LogP contribution in [0.4, 0.5) is 13.2 Å². The molecule has 10 heteroatoms. The van der Waals surface area contributed by atoms with E-state index in [1.165, 1.54) is 13.3 Å². The number of aryl methyl sites for hydroxylation is 1. The fraction of sp³-hybridized carbons (Fsp3) is 0.450. The third-order valence-corrected chi connectivity index (χ3v) is 6.30. The van der Waals surface area contributed by atoms with Gasteiger partial charge in [-0.2, -0.15) is 13.2 Å². The predicted molar refractivity (Wildman–Crippen MR) is 111 cm³/mol. The quantitative estimate of drug-likeness (QED) is 0.377. The number of benzene rings is 1. The average Bonchev–Trinajstić information content (AvgIpc) is 3.05. The Labute approximate surface area is 174 Å². The molecule has 2 heterocycles. The lowest BCUT2D eigenvalue weighted by Gasteiger charge is -2.15. The van der Waals surface area contributed by atoms with Gasteiger partial charge in [-0.25, -0.2) is 14.6 Å². The van der Waals surface area contributed by atoms with Crippen molar-refractivity contribution in [2.75, 3.05) is 13.7 Å². The van der Waals surface area contributed by atoms with Crippen molar-refractivity contribution in [2.45, 2.75) is 45.5 Å². The number of nitrogens with zero attached hydrogens (tertiary/aromatic N) is 4. The molecule has 0 radical (unpaired) electrons.